The van der Waals surface area contributed by atoms with Crippen LogP contribution in [0.1, 0.15) is 32.1 Å². The first-order valence-electron chi connectivity index (χ1n) is 3.87. The molecule has 65 valence electrons. The summed E-state index contributed by atoms with van der Waals surface area (Å²) >= 11 is 0. The molecule has 4 heteroatoms. The summed E-state index contributed by atoms with van der Waals surface area (Å²) in [5.74, 6) is 1.20. The number of rotatable bonds is 3. The Morgan fingerprint density at radius 3 is 2.27 bits per heavy atom. The summed E-state index contributed by atoms with van der Waals surface area (Å²) in [7, 11) is -3.73. The molecule has 0 unspecified atom stereocenters. The molecule has 0 aromatic rings. The second-order valence-electron chi connectivity index (χ2n) is 2.99. The molecule has 0 spiro atoms. The first-order valence-corrected chi connectivity index (χ1v) is 5.47. The highest BCUT2D eigenvalue weighted by Crippen LogP contribution is 2.29. The minimum absolute atomic E-state index is 0.0949. The van der Waals surface area contributed by atoms with Crippen LogP contribution in [0.5, 0.6) is 0 Å². The van der Waals surface area contributed by atoms with Crippen LogP contribution in [0.3, 0.4) is 0 Å². The lowest BCUT2D eigenvalue weighted by Crippen LogP contribution is -2.06. The van der Waals surface area contributed by atoms with E-state index in [1.54, 1.807) is 0 Å². The predicted octanol–water partition coefficient (Wildman–Crippen LogP) is 1.41. The minimum Gasteiger partial charge on any atom is -0.286 e. The molecular weight excluding hydrogens is 164 g/mol. The summed E-state index contributed by atoms with van der Waals surface area (Å²) in [6.45, 7) is 0. The van der Waals surface area contributed by atoms with Crippen LogP contribution in [0.15, 0.2) is 0 Å². The fourth-order valence-electron chi connectivity index (χ4n) is 1.40. The van der Waals surface area contributed by atoms with E-state index >= 15 is 0 Å². The van der Waals surface area contributed by atoms with E-state index in [2.05, 4.69) is 0 Å². The third-order valence-electron chi connectivity index (χ3n) is 2.02. The zero-order valence-corrected chi connectivity index (χ0v) is 7.23. The van der Waals surface area contributed by atoms with E-state index < -0.39 is 10.1 Å². The fourth-order valence-corrected chi connectivity index (χ4v) is 1.94. The fraction of sp³-hybridized carbons (Fsp3) is 0.857. The first-order chi connectivity index (χ1) is 5.08. The summed E-state index contributed by atoms with van der Waals surface area (Å²) in [6.07, 6.45) is 5.02. The molecule has 11 heavy (non-hydrogen) atoms. The Hall–Kier alpha value is -0.0900. The van der Waals surface area contributed by atoms with E-state index in [0.717, 1.165) is 12.8 Å². The minimum atomic E-state index is -3.73. The van der Waals surface area contributed by atoms with Crippen LogP contribution in [-0.4, -0.2) is 18.7 Å². The van der Waals surface area contributed by atoms with Gasteiger partial charge < -0.3 is 0 Å². The van der Waals surface area contributed by atoms with Crippen molar-refractivity contribution in [3.05, 3.63) is 5.92 Å². The Kier molecular flexibility index (Phi) is 2.90. The van der Waals surface area contributed by atoms with E-state index in [4.69, 9.17) is 4.55 Å². The van der Waals surface area contributed by atoms with Gasteiger partial charge in [-0.25, -0.2) is 0 Å². The van der Waals surface area contributed by atoms with Gasteiger partial charge in [-0.05, 0) is 25.2 Å². The van der Waals surface area contributed by atoms with Gasteiger partial charge in [0.25, 0.3) is 10.1 Å². The summed E-state index contributed by atoms with van der Waals surface area (Å²) < 4.78 is 29.1. The maximum atomic E-state index is 10.3. The first kappa shape index (κ1) is 9.00. The third kappa shape index (κ3) is 3.72. The van der Waals surface area contributed by atoms with Gasteiger partial charge in [0, 0.05) is 0 Å². The van der Waals surface area contributed by atoms with E-state index in [-0.39, 0.29) is 5.75 Å². The molecule has 0 heterocycles. The van der Waals surface area contributed by atoms with Crippen LogP contribution >= 0.6 is 0 Å². The van der Waals surface area contributed by atoms with Gasteiger partial charge in [-0.1, -0.05) is 12.8 Å². The molecular formula is C7H13O3S. The SMILES string of the molecule is O=S(=O)(O)CC[C]1CCCC1. The summed E-state index contributed by atoms with van der Waals surface area (Å²) in [5, 5.41) is 0. The third-order valence-corrected chi connectivity index (χ3v) is 2.74. The molecule has 0 aliphatic heterocycles. The van der Waals surface area contributed by atoms with Gasteiger partial charge >= 0.3 is 0 Å². The van der Waals surface area contributed by atoms with Crippen LogP contribution in [0.4, 0.5) is 0 Å². The van der Waals surface area contributed by atoms with Gasteiger partial charge in [-0.3, -0.25) is 4.55 Å². The molecule has 0 atom stereocenters. The molecule has 1 saturated carbocycles. The molecule has 1 N–H and O–H groups in total. The maximum absolute atomic E-state index is 10.3. The lowest BCUT2D eigenvalue weighted by molar-refractivity contribution is 0.481. The Morgan fingerprint density at radius 2 is 1.82 bits per heavy atom. The maximum Gasteiger partial charge on any atom is 0.264 e. The van der Waals surface area contributed by atoms with E-state index in [1.165, 1.54) is 18.8 Å². The highest BCUT2D eigenvalue weighted by atomic mass is 32.2. The normalized spacial score (nSPS) is 20.8. The van der Waals surface area contributed by atoms with Crippen molar-refractivity contribution in [3.8, 4) is 0 Å². The Bertz CT molecular complexity index is 202. The highest BCUT2D eigenvalue weighted by molar-refractivity contribution is 7.85. The van der Waals surface area contributed by atoms with Crippen LogP contribution in [0.25, 0.3) is 0 Å². The second kappa shape index (κ2) is 3.54. The smallest absolute Gasteiger partial charge is 0.264 e. The van der Waals surface area contributed by atoms with Crippen molar-refractivity contribution >= 4 is 10.1 Å². The van der Waals surface area contributed by atoms with Crippen LogP contribution in [0.2, 0.25) is 0 Å². The molecule has 0 amide bonds. The van der Waals surface area contributed by atoms with E-state index in [9.17, 15) is 8.42 Å². The van der Waals surface area contributed by atoms with Gasteiger partial charge in [0.05, 0.1) is 5.75 Å². The van der Waals surface area contributed by atoms with Crippen molar-refractivity contribution in [2.24, 2.45) is 0 Å². The average molecular weight is 177 g/mol. The molecule has 1 aliphatic carbocycles. The number of hydrogen-bond donors (Lipinski definition) is 1. The lowest BCUT2D eigenvalue weighted by Gasteiger charge is -2.04. The summed E-state index contributed by atoms with van der Waals surface area (Å²) in [4.78, 5) is 0. The van der Waals surface area contributed by atoms with E-state index in [1.807, 2.05) is 0 Å². The lowest BCUT2D eigenvalue weighted by atomic mass is 10.1. The van der Waals surface area contributed by atoms with Gasteiger partial charge in [0.2, 0.25) is 0 Å². The Labute approximate surface area is 67.6 Å². The number of hydrogen-bond acceptors (Lipinski definition) is 2. The Morgan fingerprint density at radius 1 is 1.27 bits per heavy atom. The molecule has 1 radical (unpaired) electrons. The van der Waals surface area contributed by atoms with Crippen molar-refractivity contribution in [1.29, 1.82) is 0 Å². The topological polar surface area (TPSA) is 54.4 Å². The van der Waals surface area contributed by atoms with Gasteiger partial charge in [-0.2, -0.15) is 8.42 Å². The molecule has 0 bridgehead atoms. The van der Waals surface area contributed by atoms with Crippen LogP contribution in [-0.2, 0) is 10.1 Å². The monoisotopic (exact) mass is 177 g/mol. The quantitative estimate of drug-likeness (QED) is 0.663. The average Bonchev–Trinajstić information content (AvgIpc) is 2.32. The zero-order valence-electron chi connectivity index (χ0n) is 6.41. The molecule has 1 rings (SSSR count). The summed E-state index contributed by atoms with van der Waals surface area (Å²) in [6, 6.07) is 0. The summed E-state index contributed by atoms with van der Waals surface area (Å²) in [5.41, 5.74) is 0. The van der Waals surface area contributed by atoms with Crippen molar-refractivity contribution < 1.29 is 13.0 Å². The zero-order chi connectivity index (χ0) is 8.32. The molecule has 0 saturated heterocycles. The Balaban J connectivity index is 2.22. The molecule has 1 aliphatic rings. The van der Waals surface area contributed by atoms with E-state index in [0.29, 0.717) is 6.42 Å². The van der Waals surface area contributed by atoms with Crippen molar-refractivity contribution in [2.45, 2.75) is 32.1 Å². The van der Waals surface area contributed by atoms with Gasteiger partial charge in [0.15, 0.2) is 0 Å². The molecule has 3 nitrogen and oxygen atoms in total. The predicted molar refractivity (Wildman–Crippen MR) is 42.7 cm³/mol. The van der Waals surface area contributed by atoms with Gasteiger partial charge in [-0.15, -0.1) is 0 Å². The van der Waals surface area contributed by atoms with Crippen molar-refractivity contribution in [2.75, 3.05) is 5.75 Å². The molecule has 1 fully saturated rings. The molecule has 0 aromatic heterocycles. The standard InChI is InChI=1S/C7H13O3S/c8-11(9,10)6-5-7-3-1-2-4-7/h1-6H2,(H,8,9,10). The van der Waals surface area contributed by atoms with Gasteiger partial charge in [0.1, 0.15) is 0 Å². The van der Waals surface area contributed by atoms with Crippen LogP contribution < -0.4 is 0 Å². The molecule has 0 aromatic carbocycles. The van der Waals surface area contributed by atoms with Crippen molar-refractivity contribution in [1.82, 2.24) is 0 Å². The second-order valence-corrected chi connectivity index (χ2v) is 4.57. The van der Waals surface area contributed by atoms with Crippen molar-refractivity contribution in [3.63, 3.8) is 0 Å². The van der Waals surface area contributed by atoms with Crippen LogP contribution in [0, 0.1) is 5.92 Å². The largest absolute Gasteiger partial charge is 0.286 e. The highest BCUT2D eigenvalue weighted by Gasteiger charge is 2.17.